The number of benzene rings is 2. The van der Waals surface area contributed by atoms with Gasteiger partial charge < -0.3 is 10.0 Å². The number of hydrogen-bond acceptors (Lipinski definition) is 3. The predicted molar refractivity (Wildman–Crippen MR) is 92.8 cm³/mol. The summed E-state index contributed by atoms with van der Waals surface area (Å²) < 4.78 is 0. The van der Waals surface area contributed by atoms with Crippen LogP contribution in [-0.4, -0.2) is 53.5 Å². The molecule has 23 heavy (non-hydrogen) atoms. The molecule has 0 aromatic heterocycles. The number of nitrogens with zero attached hydrogens (tertiary/aromatic N) is 2. The number of likely N-dealkylation sites (N-methyl/N-ethyl adjacent to an activating group) is 2. The molecule has 0 bridgehead atoms. The molecule has 122 valence electrons. The molecule has 1 unspecified atom stereocenters. The van der Waals surface area contributed by atoms with Crippen molar-refractivity contribution < 1.29 is 9.90 Å². The number of rotatable bonds is 4. The van der Waals surface area contributed by atoms with Gasteiger partial charge in [-0.3, -0.25) is 9.69 Å². The Morgan fingerprint density at radius 2 is 2.09 bits per heavy atom. The summed E-state index contributed by atoms with van der Waals surface area (Å²) in [6, 6.07) is 11.6. The van der Waals surface area contributed by atoms with Gasteiger partial charge in [-0.05, 0) is 37.4 Å². The number of carbonyl (C=O) groups is 1. The lowest BCUT2D eigenvalue weighted by Crippen LogP contribution is -2.41. The monoisotopic (exact) mass is 312 g/mol. The Labute approximate surface area is 137 Å². The molecular weight excluding hydrogens is 288 g/mol. The molecule has 4 heteroatoms. The fourth-order valence-corrected chi connectivity index (χ4v) is 3.55. The van der Waals surface area contributed by atoms with Crippen LogP contribution in [0, 0.1) is 0 Å². The van der Waals surface area contributed by atoms with Gasteiger partial charge in [-0.15, -0.1) is 0 Å². The number of phenols is 1. The van der Waals surface area contributed by atoms with Crippen LogP contribution in [0.4, 0.5) is 0 Å². The summed E-state index contributed by atoms with van der Waals surface area (Å²) in [7, 11) is 1.82. The molecule has 1 atom stereocenters. The summed E-state index contributed by atoms with van der Waals surface area (Å²) in [5.74, 6) is -0.0325. The van der Waals surface area contributed by atoms with Crippen molar-refractivity contribution in [1.82, 2.24) is 9.80 Å². The highest BCUT2D eigenvalue weighted by atomic mass is 16.3. The van der Waals surface area contributed by atoms with E-state index in [1.54, 1.807) is 11.0 Å². The van der Waals surface area contributed by atoms with Crippen molar-refractivity contribution in [1.29, 1.82) is 0 Å². The van der Waals surface area contributed by atoms with E-state index in [-0.39, 0.29) is 11.7 Å². The number of fused-ring (bicyclic) bond motifs is 1. The topological polar surface area (TPSA) is 43.8 Å². The molecule has 0 radical (unpaired) electrons. The van der Waals surface area contributed by atoms with Crippen molar-refractivity contribution in [2.45, 2.75) is 25.8 Å². The van der Waals surface area contributed by atoms with Gasteiger partial charge in [0, 0.05) is 25.0 Å². The Morgan fingerprint density at radius 3 is 2.87 bits per heavy atom. The van der Waals surface area contributed by atoms with Crippen molar-refractivity contribution in [3.8, 4) is 5.75 Å². The van der Waals surface area contributed by atoms with Crippen molar-refractivity contribution >= 4 is 16.7 Å². The maximum Gasteiger partial charge on any atom is 0.257 e. The average Bonchev–Trinajstić information content (AvgIpc) is 3.02. The van der Waals surface area contributed by atoms with Crippen molar-refractivity contribution in [3.05, 3.63) is 42.0 Å². The van der Waals surface area contributed by atoms with E-state index in [1.165, 1.54) is 6.42 Å². The highest BCUT2D eigenvalue weighted by molar-refractivity contribution is 6.03. The fourth-order valence-electron chi connectivity index (χ4n) is 3.55. The van der Waals surface area contributed by atoms with Gasteiger partial charge in [0.2, 0.25) is 0 Å². The number of hydrogen-bond donors (Lipinski definition) is 1. The zero-order chi connectivity index (χ0) is 16.4. The maximum absolute atomic E-state index is 12.7. The van der Waals surface area contributed by atoms with Gasteiger partial charge in [-0.25, -0.2) is 0 Å². The lowest BCUT2D eigenvalue weighted by Gasteiger charge is -2.28. The van der Waals surface area contributed by atoms with E-state index in [0.29, 0.717) is 18.2 Å². The van der Waals surface area contributed by atoms with Gasteiger partial charge in [-0.2, -0.15) is 0 Å². The van der Waals surface area contributed by atoms with Crippen LogP contribution in [0.3, 0.4) is 0 Å². The van der Waals surface area contributed by atoms with Crippen molar-refractivity contribution in [3.63, 3.8) is 0 Å². The van der Waals surface area contributed by atoms with E-state index in [0.717, 1.165) is 30.3 Å². The maximum atomic E-state index is 12.7. The average molecular weight is 312 g/mol. The quantitative estimate of drug-likeness (QED) is 0.943. The number of amides is 1. The Bertz CT molecular complexity index is 714. The zero-order valence-corrected chi connectivity index (χ0v) is 13.8. The third-order valence-corrected chi connectivity index (χ3v) is 4.87. The van der Waals surface area contributed by atoms with Gasteiger partial charge in [0.1, 0.15) is 5.75 Å². The summed E-state index contributed by atoms with van der Waals surface area (Å²) in [6.45, 7) is 5.01. The lowest BCUT2D eigenvalue weighted by molar-refractivity contribution is 0.0752. The molecule has 1 amide bonds. The first-order chi connectivity index (χ1) is 11.1. The van der Waals surface area contributed by atoms with Crippen molar-refractivity contribution in [2.24, 2.45) is 0 Å². The van der Waals surface area contributed by atoms with E-state index < -0.39 is 0 Å². The van der Waals surface area contributed by atoms with Gasteiger partial charge in [0.25, 0.3) is 5.91 Å². The summed E-state index contributed by atoms with van der Waals surface area (Å²) in [4.78, 5) is 16.9. The minimum absolute atomic E-state index is 0.0821. The molecular formula is C19H24N2O2. The van der Waals surface area contributed by atoms with Crippen molar-refractivity contribution in [2.75, 3.05) is 26.7 Å². The van der Waals surface area contributed by atoms with Crippen LogP contribution in [-0.2, 0) is 0 Å². The molecule has 4 nitrogen and oxygen atoms in total. The molecule has 1 aliphatic heterocycles. The second-order valence-electron chi connectivity index (χ2n) is 6.29. The third kappa shape index (κ3) is 3.04. The van der Waals surface area contributed by atoms with Crippen LogP contribution in [0.1, 0.15) is 30.1 Å². The largest absolute Gasteiger partial charge is 0.506 e. The van der Waals surface area contributed by atoms with E-state index in [4.69, 9.17) is 0 Å². The van der Waals surface area contributed by atoms with Gasteiger partial charge in [-0.1, -0.05) is 37.3 Å². The minimum atomic E-state index is -0.115. The highest BCUT2D eigenvalue weighted by Crippen LogP contribution is 2.29. The van der Waals surface area contributed by atoms with Crippen LogP contribution in [0.5, 0.6) is 5.75 Å². The van der Waals surface area contributed by atoms with Crippen LogP contribution in [0.15, 0.2) is 36.4 Å². The fraction of sp³-hybridized carbons (Fsp3) is 0.421. The Balaban J connectivity index is 1.81. The molecule has 1 fully saturated rings. The van der Waals surface area contributed by atoms with Crippen LogP contribution >= 0.6 is 0 Å². The van der Waals surface area contributed by atoms with E-state index in [2.05, 4.69) is 11.8 Å². The normalized spacial score (nSPS) is 18.4. The second-order valence-corrected chi connectivity index (χ2v) is 6.29. The standard InChI is InChI=1S/C19H24N2O2/c1-3-21-12-6-8-15(21)13-20(2)19(23)17-11-10-14-7-4-5-9-16(14)18(17)22/h4-5,7,9-11,15,22H,3,6,8,12-13H2,1-2H3. The second kappa shape index (κ2) is 6.59. The molecule has 2 aromatic rings. The van der Waals surface area contributed by atoms with E-state index >= 15 is 0 Å². The summed E-state index contributed by atoms with van der Waals surface area (Å²) in [5.41, 5.74) is 0.382. The van der Waals surface area contributed by atoms with Crippen LogP contribution in [0.25, 0.3) is 10.8 Å². The summed E-state index contributed by atoms with van der Waals surface area (Å²) in [5, 5.41) is 12.1. The molecule has 1 aliphatic rings. The highest BCUT2D eigenvalue weighted by Gasteiger charge is 2.26. The zero-order valence-electron chi connectivity index (χ0n) is 13.8. The molecule has 0 aliphatic carbocycles. The molecule has 1 saturated heterocycles. The number of phenolic OH excluding ortho intramolecular Hbond substituents is 1. The molecule has 1 heterocycles. The van der Waals surface area contributed by atoms with Gasteiger partial charge in [0.15, 0.2) is 0 Å². The Morgan fingerprint density at radius 1 is 1.30 bits per heavy atom. The van der Waals surface area contributed by atoms with Gasteiger partial charge in [0.05, 0.1) is 5.56 Å². The lowest BCUT2D eigenvalue weighted by atomic mass is 10.0. The smallest absolute Gasteiger partial charge is 0.257 e. The molecule has 0 saturated carbocycles. The van der Waals surface area contributed by atoms with Crippen LogP contribution < -0.4 is 0 Å². The van der Waals surface area contributed by atoms with E-state index in [1.807, 2.05) is 37.4 Å². The predicted octanol–water partition coefficient (Wildman–Crippen LogP) is 3.10. The minimum Gasteiger partial charge on any atom is -0.506 e. The summed E-state index contributed by atoms with van der Waals surface area (Å²) in [6.07, 6.45) is 2.33. The molecule has 1 N–H and O–H groups in total. The van der Waals surface area contributed by atoms with Crippen LogP contribution in [0.2, 0.25) is 0 Å². The molecule has 0 spiro atoms. The molecule has 3 rings (SSSR count). The SMILES string of the molecule is CCN1CCCC1CN(C)C(=O)c1ccc2ccccc2c1O. The Kier molecular flexibility index (Phi) is 4.53. The van der Waals surface area contributed by atoms with E-state index in [9.17, 15) is 9.90 Å². The Hall–Kier alpha value is -2.07. The first-order valence-corrected chi connectivity index (χ1v) is 8.32. The number of aromatic hydroxyl groups is 1. The van der Waals surface area contributed by atoms with Gasteiger partial charge >= 0.3 is 0 Å². The number of carbonyl (C=O) groups excluding carboxylic acids is 1. The number of likely N-dealkylation sites (tertiary alicyclic amines) is 1. The summed E-state index contributed by atoms with van der Waals surface area (Å²) >= 11 is 0. The molecule has 2 aromatic carbocycles. The first kappa shape index (κ1) is 15.8. The third-order valence-electron chi connectivity index (χ3n) is 4.87. The first-order valence-electron chi connectivity index (χ1n) is 8.32.